The number of alkyl carbamates (subject to hydrolysis) is 1. The number of rotatable bonds is 5. The molecule has 5 aromatic rings. The van der Waals surface area contributed by atoms with Crippen molar-refractivity contribution >= 4 is 34.6 Å². The number of benzene rings is 2. The van der Waals surface area contributed by atoms with Crippen molar-refractivity contribution in [2.24, 2.45) is 0 Å². The van der Waals surface area contributed by atoms with Crippen LogP contribution in [0.3, 0.4) is 0 Å². The van der Waals surface area contributed by atoms with Crippen LogP contribution in [0, 0.1) is 0 Å². The number of carbonyl (C=O) groups excluding carboxylic acids is 2. The van der Waals surface area contributed by atoms with Gasteiger partial charge in [-0.05, 0) is 103 Å². The summed E-state index contributed by atoms with van der Waals surface area (Å²) in [4.78, 5) is 50.7. The van der Waals surface area contributed by atoms with Crippen LogP contribution in [-0.4, -0.2) is 66.4 Å². The molecule has 2 aliphatic heterocycles. The van der Waals surface area contributed by atoms with Gasteiger partial charge < -0.3 is 29.5 Å². The highest BCUT2D eigenvalue weighted by atomic mass is 32.1. The van der Waals surface area contributed by atoms with Gasteiger partial charge in [0.25, 0.3) is 0 Å². The summed E-state index contributed by atoms with van der Waals surface area (Å²) in [6.45, 7) is 12.5. The largest absolute Gasteiger partial charge is 0.492 e. The summed E-state index contributed by atoms with van der Waals surface area (Å²) in [5.74, 6) is 2.33. The lowest BCUT2D eigenvalue weighted by molar-refractivity contribution is 0.0218. The first-order valence-corrected chi connectivity index (χ1v) is 19.9. The first-order valence-electron chi connectivity index (χ1n) is 19.1. The maximum Gasteiger partial charge on any atom is 0.410 e. The molecule has 5 heterocycles. The van der Waals surface area contributed by atoms with Gasteiger partial charge in [-0.15, -0.1) is 11.3 Å². The summed E-state index contributed by atoms with van der Waals surface area (Å²) >= 11 is 1.62. The number of hydrogen-bond acceptors (Lipinski definition) is 9. The monoisotopic (exact) mass is 751 g/mol. The Kier molecular flexibility index (Phi) is 9.18. The normalized spacial score (nSPS) is 18.4. The molecule has 0 unspecified atom stereocenters. The fourth-order valence-electron chi connectivity index (χ4n) is 7.82. The first kappa shape index (κ1) is 36.1. The molecule has 0 bridgehead atoms. The summed E-state index contributed by atoms with van der Waals surface area (Å²) in [5.41, 5.74) is 4.81. The molecule has 1 aliphatic carbocycles. The summed E-state index contributed by atoms with van der Waals surface area (Å²) < 4.78 is 17.6. The van der Waals surface area contributed by atoms with Crippen LogP contribution >= 0.6 is 11.3 Å². The Hall–Kier alpha value is -4.91. The van der Waals surface area contributed by atoms with Gasteiger partial charge in [-0.3, -0.25) is 4.90 Å². The van der Waals surface area contributed by atoms with E-state index >= 15 is 0 Å². The van der Waals surface area contributed by atoms with Crippen LogP contribution in [0.1, 0.15) is 110 Å². The van der Waals surface area contributed by atoms with Gasteiger partial charge in [-0.25, -0.2) is 24.5 Å². The molecule has 1 saturated heterocycles. The lowest BCUT2D eigenvalue weighted by Crippen LogP contribution is -2.49. The number of nitrogens with zero attached hydrogens (tertiary/aromatic N) is 4. The quantitative estimate of drug-likeness (QED) is 0.161. The molecule has 1 atom stereocenters. The number of hydrogen-bond donors (Lipinski definition) is 3. The number of ether oxygens (including phenoxy) is 3. The molecular weight excluding hydrogens is 703 g/mol. The van der Waals surface area contributed by atoms with E-state index < -0.39 is 22.8 Å². The molecule has 54 heavy (non-hydrogen) atoms. The van der Waals surface area contributed by atoms with Gasteiger partial charge in [-0.2, -0.15) is 0 Å². The number of aromatic amines is 2. The number of fused-ring (bicyclic) bond motifs is 4. The number of H-pyrrole nitrogens is 2. The maximum atomic E-state index is 13.0. The zero-order valence-electron chi connectivity index (χ0n) is 31.9. The highest BCUT2D eigenvalue weighted by molar-refractivity contribution is 7.18. The minimum atomic E-state index is -0.600. The van der Waals surface area contributed by atoms with Gasteiger partial charge >= 0.3 is 12.2 Å². The number of nitrogens with one attached hydrogen (secondary N) is 3. The second-order valence-corrected chi connectivity index (χ2v) is 17.7. The summed E-state index contributed by atoms with van der Waals surface area (Å²) in [7, 11) is 0. The average Bonchev–Trinajstić information content (AvgIpc) is 3.92. The highest BCUT2D eigenvalue weighted by Crippen LogP contribution is 2.42. The van der Waals surface area contributed by atoms with Crippen LogP contribution in [0.2, 0.25) is 0 Å². The molecule has 3 aromatic heterocycles. The van der Waals surface area contributed by atoms with Crippen molar-refractivity contribution in [3.05, 3.63) is 59.9 Å². The number of thiazole rings is 1. The molecule has 2 amide bonds. The van der Waals surface area contributed by atoms with Gasteiger partial charge in [0, 0.05) is 36.0 Å². The number of carbonyl (C=O) groups is 2. The third-order valence-corrected chi connectivity index (χ3v) is 11.4. The molecule has 1 saturated carbocycles. The SMILES string of the molecule is CC(C)(C)OC(=O)NC1(c2nc3ccc(-c4ncc(-c5ccc6c(c5)OCCc5[nH]c([C@@H]7CCCN7C(=O)OC(C)(C)C)nc5-6)s4)cc3[nH]2)CCCCC1. The summed E-state index contributed by atoms with van der Waals surface area (Å²) in [6.07, 6.45) is 8.36. The molecule has 2 fully saturated rings. The van der Waals surface area contributed by atoms with Gasteiger partial charge in [-0.1, -0.05) is 25.3 Å². The van der Waals surface area contributed by atoms with E-state index in [4.69, 9.17) is 29.2 Å². The molecule has 3 aliphatic rings. The number of imidazole rings is 2. The Labute approximate surface area is 319 Å². The van der Waals surface area contributed by atoms with Crippen LogP contribution < -0.4 is 10.1 Å². The third-order valence-electron chi connectivity index (χ3n) is 10.3. The van der Waals surface area contributed by atoms with Crippen molar-refractivity contribution < 1.29 is 23.8 Å². The number of amides is 2. The van der Waals surface area contributed by atoms with E-state index in [1.807, 2.05) is 53.8 Å². The van der Waals surface area contributed by atoms with Crippen molar-refractivity contribution in [1.82, 2.24) is 35.1 Å². The van der Waals surface area contributed by atoms with E-state index in [0.29, 0.717) is 19.6 Å². The van der Waals surface area contributed by atoms with E-state index in [-0.39, 0.29) is 12.1 Å². The Bertz CT molecular complexity index is 2200. The van der Waals surface area contributed by atoms with Crippen LogP contribution in [0.25, 0.3) is 43.3 Å². The van der Waals surface area contributed by atoms with Crippen molar-refractivity contribution in [2.45, 2.75) is 116 Å². The zero-order valence-corrected chi connectivity index (χ0v) is 32.7. The Morgan fingerprint density at radius 3 is 2.50 bits per heavy atom. The number of likely N-dealkylation sites (tertiary alicyclic amines) is 1. The van der Waals surface area contributed by atoms with Crippen LogP contribution in [0.5, 0.6) is 5.75 Å². The van der Waals surface area contributed by atoms with E-state index in [0.717, 1.165) is 111 Å². The summed E-state index contributed by atoms with van der Waals surface area (Å²) in [5, 5.41) is 4.08. The lowest BCUT2D eigenvalue weighted by Gasteiger charge is -2.36. The Balaban J connectivity index is 1.03. The van der Waals surface area contributed by atoms with Gasteiger partial charge in [0.05, 0.1) is 34.3 Å². The molecular formula is C41H49N7O5S. The van der Waals surface area contributed by atoms with Gasteiger partial charge in [0.15, 0.2) is 0 Å². The van der Waals surface area contributed by atoms with Crippen molar-refractivity contribution in [2.75, 3.05) is 13.2 Å². The summed E-state index contributed by atoms with van der Waals surface area (Å²) in [6, 6.07) is 12.2. The average molecular weight is 752 g/mol. The zero-order chi connectivity index (χ0) is 37.8. The molecule has 2 aromatic carbocycles. The molecule has 13 heteroatoms. The van der Waals surface area contributed by atoms with Crippen molar-refractivity contribution in [3.63, 3.8) is 0 Å². The molecule has 284 valence electrons. The highest BCUT2D eigenvalue weighted by Gasteiger charge is 2.40. The maximum absolute atomic E-state index is 13.0. The second kappa shape index (κ2) is 13.7. The molecule has 0 spiro atoms. The van der Waals surface area contributed by atoms with Crippen molar-refractivity contribution in [3.8, 4) is 38.0 Å². The fourth-order valence-corrected chi connectivity index (χ4v) is 8.73. The van der Waals surface area contributed by atoms with E-state index in [9.17, 15) is 9.59 Å². The minimum absolute atomic E-state index is 0.152. The van der Waals surface area contributed by atoms with E-state index in [1.54, 1.807) is 16.2 Å². The van der Waals surface area contributed by atoms with E-state index in [2.05, 4.69) is 45.6 Å². The van der Waals surface area contributed by atoms with Gasteiger partial charge in [0.1, 0.15) is 39.1 Å². The molecule has 3 N–H and O–H groups in total. The topological polar surface area (TPSA) is 147 Å². The number of aromatic nitrogens is 5. The van der Waals surface area contributed by atoms with E-state index in [1.165, 1.54) is 0 Å². The van der Waals surface area contributed by atoms with Crippen molar-refractivity contribution in [1.29, 1.82) is 0 Å². The third kappa shape index (κ3) is 7.30. The van der Waals surface area contributed by atoms with Crippen LogP contribution in [-0.2, 0) is 21.4 Å². The Morgan fingerprint density at radius 1 is 0.944 bits per heavy atom. The minimum Gasteiger partial charge on any atom is -0.492 e. The fraction of sp³-hybridized carbons (Fsp3) is 0.488. The first-order chi connectivity index (χ1) is 25.7. The molecule has 0 radical (unpaired) electrons. The predicted octanol–water partition coefficient (Wildman–Crippen LogP) is 9.43. The second-order valence-electron chi connectivity index (χ2n) is 16.7. The van der Waals surface area contributed by atoms with Crippen LogP contribution in [0.4, 0.5) is 9.59 Å². The molecule has 8 rings (SSSR count). The molecule has 12 nitrogen and oxygen atoms in total. The standard InChI is InChI=1S/C41H49N7O5S/c1-39(2,3)52-37(49)47-41(17-8-7-9-18-41)36-44-27-15-13-25(21-29(27)45-36)35-42-23-32(54-35)24-12-14-26-31(22-24)51-20-16-28-33(26)46-34(43-28)30-11-10-19-48(30)38(50)53-40(4,5)6/h12-15,21-23,30H,7-11,16-20H2,1-6H3,(H,43,46)(H,44,45)(H,47,49)/t30-/m0/s1. The smallest absolute Gasteiger partial charge is 0.410 e. The van der Waals surface area contributed by atoms with Gasteiger partial charge in [0.2, 0.25) is 0 Å². The lowest BCUT2D eigenvalue weighted by atomic mass is 9.81. The Morgan fingerprint density at radius 2 is 1.72 bits per heavy atom. The predicted molar refractivity (Wildman–Crippen MR) is 208 cm³/mol. The van der Waals surface area contributed by atoms with Crippen LogP contribution in [0.15, 0.2) is 42.6 Å².